The largest absolute Gasteiger partial charge is 0.384 e. The number of hydrogen-bond donors (Lipinski definition) is 3. The number of benzene rings is 2. The average Bonchev–Trinajstić information content (AvgIpc) is 3.30. The number of nitrogens with one attached hydrogen (secondary N) is 1. The van der Waals surface area contributed by atoms with Crippen molar-refractivity contribution >= 4 is 34.2 Å². The minimum Gasteiger partial charge on any atom is -0.384 e. The number of nitrogens with zero attached hydrogens (tertiary/aromatic N) is 3. The zero-order valence-electron chi connectivity index (χ0n) is 14.1. The lowest BCUT2D eigenvalue weighted by atomic mass is 10.3. The van der Waals surface area contributed by atoms with Gasteiger partial charge in [-0.05, 0) is 77.2 Å². The summed E-state index contributed by atoms with van der Waals surface area (Å²) in [4.78, 5) is 0. The van der Waals surface area contributed by atoms with E-state index >= 15 is 0 Å². The molecule has 0 aliphatic heterocycles. The summed E-state index contributed by atoms with van der Waals surface area (Å²) in [6.07, 6.45) is 3.33. The van der Waals surface area contributed by atoms with Crippen LogP contribution in [0, 0.1) is 15.2 Å². The minimum absolute atomic E-state index is 0.176. The summed E-state index contributed by atoms with van der Waals surface area (Å²) >= 11 is 2.13. The second-order valence-corrected chi connectivity index (χ2v) is 6.36. The van der Waals surface area contributed by atoms with Crippen LogP contribution in [0.5, 0.6) is 0 Å². The van der Waals surface area contributed by atoms with Gasteiger partial charge < -0.3 is 11.5 Å². The van der Waals surface area contributed by atoms with E-state index in [0.29, 0.717) is 11.6 Å². The molecule has 0 atom stereocenters. The monoisotopic (exact) mass is 482 g/mol. The third-order valence-electron chi connectivity index (χ3n) is 3.03. The van der Waals surface area contributed by atoms with Crippen LogP contribution in [0.1, 0.15) is 0 Å². The molecule has 0 unspecified atom stereocenters. The number of H-pyrrole nitrogens is 1. The van der Waals surface area contributed by atoms with Crippen LogP contribution in [-0.4, -0.2) is 20.0 Å². The highest BCUT2D eigenvalue weighted by Crippen LogP contribution is 2.09. The molecule has 0 fully saturated rings. The molecule has 6 nitrogen and oxygen atoms in total. The van der Waals surface area contributed by atoms with E-state index in [2.05, 4.69) is 37.9 Å². The van der Waals surface area contributed by atoms with Gasteiger partial charge in [0.15, 0.2) is 0 Å². The Morgan fingerprint density at radius 3 is 1.81 bits per heavy atom. The fourth-order valence-electron chi connectivity index (χ4n) is 1.77. The predicted molar refractivity (Wildman–Crippen MR) is 110 cm³/mol. The molecule has 2 aromatic heterocycles. The first-order valence-corrected chi connectivity index (χ1v) is 8.75. The normalized spacial score (nSPS) is 9.59. The van der Waals surface area contributed by atoms with Crippen molar-refractivity contribution in [1.82, 2.24) is 20.0 Å². The summed E-state index contributed by atoms with van der Waals surface area (Å²) in [5.41, 5.74) is 11.4. The van der Waals surface area contributed by atoms with Gasteiger partial charge in [0.2, 0.25) is 0 Å². The van der Waals surface area contributed by atoms with Crippen LogP contribution in [0.3, 0.4) is 0 Å². The van der Waals surface area contributed by atoms with Gasteiger partial charge in [-0.1, -0.05) is 0 Å². The standard InChI is InChI=1S/C9H8FN3.C6H4FI.C3H5N3/c10-7-1-3-8(4-2-7)13-6-5-9(11)12-13;7-5-1-3-6(8)4-2-5;4-3-1-2-5-6-3/h1-6H,(H2,11,12);1-4H;1-2H,(H3,4,5,6). The van der Waals surface area contributed by atoms with Gasteiger partial charge in [0, 0.05) is 15.8 Å². The van der Waals surface area contributed by atoms with Crippen LogP contribution in [0.15, 0.2) is 73.1 Å². The highest BCUT2D eigenvalue weighted by molar-refractivity contribution is 14.1. The van der Waals surface area contributed by atoms with Crippen molar-refractivity contribution in [2.75, 3.05) is 11.5 Å². The van der Waals surface area contributed by atoms with Gasteiger partial charge in [-0.25, -0.2) is 13.5 Å². The second kappa shape index (κ2) is 10.3. The number of nitrogen functional groups attached to an aromatic ring is 2. The first kappa shape index (κ1) is 20.4. The summed E-state index contributed by atoms with van der Waals surface area (Å²) in [5.74, 6) is 0.619. The fraction of sp³-hybridized carbons (Fsp3) is 0. The zero-order chi connectivity index (χ0) is 19.6. The number of hydrogen-bond acceptors (Lipinski definition) is 4. The molecule has 0 radical (unpaired) electrons. The van der Waals surface area contributed by atoms with E-state index < -0.39 is 0 Å². The smallest absolute Gasteiger partial charge is 0.145 e. The van der Waals surface area contributed by atoms with Crippen LogP contribution in [0.2, 0.25) is 0 Å². The third-order valence-corrected chi connectivity index (χ3v) is 3.75. The van der Waals surface area contributed by atoms with E-state index in [1.54, 1.807) is 53.5 Å². The first-order valence-electron chi connectivity index (χ1n) is 7.67. The number of aromatic amines is 1. The van der Waals surface area contributed by atoms with Crippen LogP contribution in [-0.2, 0) is 0 Å². The molecule has 4 aromatic rings. The second-order valence-electron chi connectivity index (χ2n) is 5.11. The molecule has 2 aromatic carbocycles. The number of anilines is 2. The highest BCUT2D eigenvalue weighted by Gasteiger charge is 1.97. The maximum atomic E-state index is 12.6. The molecule has 0 aliphatic carbocycles. The van der Waals surface area contributed by atoms with E-state index in [1.807, 2.05) is 0 Å². The summed E-state index contributed by atoms with van der Waals surface area (Å²) in [7, 11) is 0. The van der Waals surface area contributed by atoms with E-state index in [9.17, 15) is 8.78 Å². The molecule has 9 heteroatoms. The predicted octanol–water partition coefficient (Wildman–Crippen LogP) is 4.02. The number of nitrogens with two attached hydrogens (primary N) is 2. The van der Waals surface area contributed by atoms with Gasteiger partial charge in [0.1, 0.15) is 23.3 Å². The molecule has 4 rings (SSSR count). The molecule has 2 heterocycles. The Labute approximate surface area is 168 Å². The summed E-state index contributed by atoms with van der Waals surface area (Å²) in [6, 6.07) is 15.8. The fourth-order valence-corrected chi connectivity index (χ4v) is 2.13. The Hall–Kier alpha value is -2.95. The van der Waals surface area contributed by atoms with Crippen molar-refractivity contribution in [1.29, 1.82) is 0 Å². The third kappa shape index (κ3) is 7.44. The highest BCUT2D eigenvalue weighted by atomic mass is 127. The molecule has 140 valence electrons. The Kier molecular flexibility index (Phi) is 7.74. The van der Waals surface area contributed by atoms with Crippen molar-refractivity contribution < 1.29 is 8.78 Å². The van der Waals surface area contributed by atoms with E-state index in [1.165, 1.54) is 24.3 Å². The van der Waals surface area contributed by atoms with Gasteiger partial charge >= 0.3 is 0 Å². The Bertz CT molecular complexity index is 900. The molecule has 0 spiro atoms. The Morgan fingerprint density at radius 1 is 0.852 bits per heavy atom. The lowest BCUT2D eigenvalue weighted by Gasteiger charge is -1.99. The van der Waals surface area contributed by atoms with Crippen LogP contribution >= 0.6 is 22.6 Å². The van der Waals surface area contributed by atoms with E-state index in [4.69, 9.17) is 11.5 Å². The first-order chi connectivity index (χ1) is 12.9. The molecular formula is C18H17F2IN6. The molecule has 0 amide bonds. The van der Waals surface area contributed by atoms with Gasteiger partial charge in [-0.2, -0.15) is 10.2 Å². The van der Waals surface area contributed by atoms with Crippen LogP contribution in [0.4, 0.5) is 20.4 Å². The van der Waals surface area contributed by atoms with Gasteiger partial charge in [-0.15, -0.1) is 0 Å². The van der Waals surface area contributed by atoms with E-state index in [-0.39, 0.29) is 11.6 Å². The minimum atomic E-state index is -0.260. The maximum Gasteiger partial charge on any atom is 0.145 e. The van der Waals surface area contributed by atoms with Gasteiger partial charge in [-0.3, -0.25) is 5.10 Å². The van der Waals surface area contributed by atoms with Crippen molar-refractivity contribution in [2.24, 2.45) is 0 Å². The van der Waals surface area contributed by atoms with Crippen molar-refractivity contribution in [2.45, 2.75) is 0 Å². The van der Waals surface area contributed by atoms with Crippen molar-refractivity contribution in [3.8, 4) is 5.69 Å². The van der Waals surface area contributed by atoms with Crippen molar-refractivity contribution in [3.05, 3.63) is 88.3 Å². The lowest BCUT2D eigenvalue weighted by Crippen LogP contribution is -1.95. The molecule has 27 heavy (non-hydrogen) atoms. The Morgan fingerprint density at radius 2 is 1.44 bits per heavy atom. The molecule has 0 saturated heterocycles. The van der Waals surface area contributed by atoms with Gasteiger partial charge in [0.05, 0.1) is 11.9 Å². The molecule has 0 aliphatic rings. The SMILES string of the molecule is Fc1ccc(I)cc1.Nc1ccn(-c2ccc(F)cc2)n1.Nc1ccn[nH]1. The molecule has 0 saturated carbocycles. The van der Waals surface area contributed by atoms with Crippen LogP contribution < -0.4 is 11.5 Å². The van der Waals surface area contributed by atoms with Crippen LogP contribution in [0.25, 0.3) is 5.69 Å². The number of aromatic nitrogens is 4. The maximum absolute atomic E-state index is 12.6. The summed E-state index contributed by atoms with van der Waals surface area (Å²) < 4.78 is 27.3. The molecule has 0 bridgehead atoms. The molecular weight excluding hydrogens is 465 g/mol. The van der Waals surface area contributed by atoms with Gasteiger partial charge in [0.25, 0.3) is 0 Å². The Balaban J connectivity index is 0.000000159. The topological polar surface area (TPSA) is 98.5 Å². The number of halogens is 3. The zero-order valence-corrected chi connectivity index (χ0v) is 16.2. The summed E-state index contributed by atoms with van der Waals surface area (Å²) in [6.45, 7) is 0. The quantitative estimate of drug-likeness (QED) is 0.357. The molecule has 5 N–H and O–H groups in total. The van der Waals surface area contributed by atoms with Crippen molar-refractivity contribution in [3.63, 3.8) is 0 Å². The summed E-state index contributed by atoms with van der Waals surface area (Å²) in [5, 5.41) is 10.1. The number of rotatable bonds is 1. The van der Waals surface area contributed by atoms with E-state index in [0.717, 1.165) is 9.26 Å². The average molecular weight is 482 g/mol. The lowest BCUT2D eigenvalue weighted by molar-refractivity contribution is 0.627.